The SMILES string of the molecule is Cc1c(C(=O)OCC(=O)c2c(N)n(C)c(=O)n(C)c2=O)oc2ccccc12. The Balaban J connectivity index is 1.86. The van der Waals surface area contributed by atoms with E-state index in [0.717, 1.165) is 14.5 Å². The number of Topliss-reactive ketones (excluding diaryl/α,β-unsaturated/α-hetero) is 1. The van der Waals surface area contributed by atoms with Crippen LogP contribution >= 0.6 is 0 Å². The van der Waals surface area contributed by atoms with Crippen LogP contribution in [0.1, 0.15) is 26.5 Å². The quantitative estimate of drug-likeness (QED) is 0.530. The molecule has 0 atom stereocenters. The van der Waals surface area contributed by atoms with Gasteiger partial charge in [0, 0.05) is 25.0 Å². The first-order chi connectivity index (χ1) is 12.7. The van der Waals surface area contributed by atoms with Crippen LogP contribution in [0.4, 0.5) is 5.82 Å². The number of fused-ring (bicyclic) bond motifs is 1. The second-order valence-corrected chi connectivity index (χ2v) is 6.02. The molecule has 27 heavy (non-hydrogen) atoms. The first-order valence-electron chi connectivity index (χ1n) is 7.98. The van der Waals surface area contributed by atoms with Gasteiger partial charge in [-0.1, -0.05) is 18.2 Å². The summed E-state index contributed by atoms with van der Waals surface area (Å²) in [6.07, 6.45) is 0. The highest BCUT2D eigenvalue weighted by Crippen LogP contribution is 2.25. The van der Waals surface area contributed by atoms with Crippen LogP contribution in [0, 0.1) is 6.92 Å². The van der Waals surface area contributed by atoms with E-state index >= 15 is 0 Å². The Bertz CT molecular complexity index is 1200. The van der Waals surface area contributed by atoms with E-state index in [1.54, 1.807) is 25.1 Å². The van der Waals surface area contributed by atoms with Gasteiger partial charge >= 0.3 is 11.7 Å². The van der Waals surface area contributed by atoms with E-state index in [-0.39, 0.29) is 11.6 Å². The lowest BCUT2D eigenvalue weighted by Gasteiger charge is -2.10. The van der Waals surface area contributed by atoms with Crippen molar-refractivity contribution in [2.24, 2.45) is 14.1 Å². The number of aryl methyl sites for hydroxylation is 1. The van der Waals surface area contributed by atoms with Crippen molar-refractivity contribution in [1.82, 2.24) is 9.13 Å². The van der Waals surface area contributed by atoms with Crippen LogP contribution in [0.25, 0.3) is 11.0 Å². The summed E-state index contributed by atoms with van der Waals surface area (Å²) >= 11 is 0. The second-order valence-electron chi connectivity index (χ2n) is 6.02. The van der Waals surface area contributed by atoms with Gasteiger partial charge in [0.2, 0.25) is 11.5 Å². The predicted molar refractivity (Wildman–Crippen MR) is 96.9 cm³/mol. The minimum absolute atomic E-state index is 0.0228. The van der Waals surface area contributed by atoms with Crippen LogP contribution in [0.5, 0.6) is 0 Å². The van der Waals surface area contributed by atoms with Crippen LogP contribution in [0.15, 0.2) is 38.3 Å². The smallest absolute Gasteiger partial charge is 0.375 e. The third kappa shape index (κ3) is 2.92. The van der Waals surface area contributed by atoms with E-state index in [1.165, 1.54) is 14.1 Å². The number of benzene rings is 1. The number of para-hydroxylation sites is 1. The zero-order valence-corrected chi connectivity index (χ0v) is 14.9. The van der Waals surface area contributed by atoms with Crippen LogP contribution in [0.3, 0.4) is 0 Å². The Kier molecular flexibility index (Phi) is 4.44. The topological polar surface area (TPSA) is 127 Å². The molecule has 0 bridgehead atoms. The molecule has 2 N–H and O–H groups in total. The largest absolute Gasteiger partial charge is 0.451 e. The molecule has 0 radical (unpaired) electrons. The number of esters is 1. The fourth-order valence-corrected chi connectivity index (χ4v) is 2.76. The molecule has 0 fully saturated rings. The van der Waals surface area contributed by atoms with Crippen molar-refractivity contribution < 1.29 is 18.7 Å². The Labute approximate surface area is 152 Å². The van der Waals surface area contributed by atoms with E-state index in [0.29, 0.717) is 11.1 Å². The number of carbonyl (C=O) groups is 2. The monoisotopic (exact) mass is 371 g/mol. The summed E-state index contributed by atoms with van der Waals surface area (Å²) in [6, 6.07) is 7.08. The van der Waals surface area contributed by atoms with Crippen molar-refractivity contribution in [2.75, 3.05) is 12.3 Å². The minimum atomic E-state index is -0.850. The van der Waals surface area contributed by atoms with Gasteiger partial charge in [-0.05, 0) is 13.0 Å². The third-order valence-electron chi connectivity index (χ3n) is 4.35. The number of nitrogens with zero attached hydrogens (tertiary/aromatic N) is 2. The molecule has 0 aliphatic rings. The Morgan fingerprint density at radius 3 is 2.48 bits per heavy atom. The van der Waals surface area contributed by atoms with Crippen LogP contribution in [-0.2, 0) is 18.8 Å². The van der Waals surface area contributed by atoms with E-state index in [4.69, 9.17) is 14.9 Å². The first-order valence-corrected chi connectivity index (χ1v) is 7.98. The van der Waals surface area contributed by atoms with Crippen LogP contribution in [-0.4, -0.2) is 27.5 Å². The number of nitrogens with two attached hydrogens (primary N) is 1. The summed E-state index contributed by atoms with van der Waals surface area (Å²) in [5.41, 5.74) is 4.90. The van der Waals surface area contributed by atoms with Crippen molar-refractivity contribution in [3.63, 3.8) is 0 Å². The Morgan fingerprint density at radius 2 is 1.81 bits per heavy atom. The maximum Gasteiger partial charge on any atom is 0.375 e. The first kappa shape index (κ1) is 18.2. The maximum absolute atomic E-state index is 12.4. The number of nitrogen functional groups attached to an aromatic ring is 1. The molecule has 140 valence electrons. The van der Waals surface area contributed by atoms with Gasteiger partial charge in [-0.25, -0.2) is 9.59 Å². The summed E-state index contributed by atoms with van der Waals surface area (Å²) in [7, 11) is 2.56. The number of carbonyl (C=O) groups excluding carboxylic acids is 2. The summed E-state index contributed by atoms with van der Waals surface area (Å²) < 4.78 is 12.2. The molecule has 2 heterocycles. The number of ether oxygens (including phenoxy) is 1. The van der Waals surface area contributed by atoms with Crippen molar-refractivity contribution in [3.8, 4) is 0 Å². The van der Waals surface area contributed by atoms with E-state index < -0.39 is 35.2 Å². The molecule has 2 aromatic heterocycles. The Hall–Kier alpha value is -3.62. The van der Waals surface area contributed by atoms with Crippen molar-refractivity contribution in [2.45, 2.75) is 6.92 Å². The molecule has 0 aliphatic carbocycles. The molecule has 9 heteroatoms. The number of rotatable bonds is 4. The second kappa shape index (κ2) is 6.60. The predicted octanol–water partition coefficient (Wildman–Crippen LogP) is 0.761. The highest BCUT2D eigenvalue weighted by molar-refractivity contribution is 6.02. The molecular weight excluding hydrogens is 354 g/mol. The molecule has 3 aromatic rings. The van der Waals surface area contributed by atoms with E-state index in [2.05, 4.69) is 0 Å². The van der Waals surface area contributed by atoms with Crippen LogP contribution < -0.4 is 17.0 Å². The lowest BCUT2D eigenvalue weighted by atomic mass is 10.1. The summed E-state index contributed by atoms with van der Waals surface area (Å²) in [4.78, 5) is 48.6. The molecule has 0 unspecified atom stereocenters. The summed E-state index contributed by atoms with van der Waals surface area (Å²) in [5.74, 6) is -1.96. The number of anilines is 1. The summed E-state index contributed by atoms with van der Waals surface area (Å²) in [6.45, 7) is 0.984. The van der Waals surface area contributed by atoms with Gasteiger partial charge in [-0.3, -0.25) is 18.7 Å². The van der Waals surface area contributed by atoms with Gasteiger partial charge in [0.15, 0.2) is 6.61 Å². The van der Waals surface area contributed by atoms with E-state index in [9.17, 15) is 19.2 Å². The zero-order chi connectivity index (χ0) is 19.9. The average molecular weight is 371 g/mol. The van der Waals surface area contributed by atoms with Gasteiger partial charge in [-0.15, -0.1) is 0 Å². The number of furan rings is 1. The van der Waals surface area contributed by atoms with Crippen LogP contribution in [0.2, 0.25) is 0 Å². The molecule has 1 aromatic carbocycles. The van der Waals surface area contributed by atoms with Gasteiger partial charge in [-0.2, -0.15) is 0 Å². The number of hydrogen-bond acceptors (Lipinski definition) is 7. The summed E-state index contributed by atoms with van der Waals surface area (Å²) in [5, 5.41) is 0.756. The average Bonchev–Trinajstić information content (AvgIpc) is 3.00. The third-order valence-corrected chi connectivity index (χ3v) is 4.35. The van der Waals surface area contributed by atoms with Gasteiger partial charge in [0.1, 0.15) is 17.0 Å². The molecule has 0 spiro atoms. The van der Waals surface area contributed by atoms with Crippen molar-refractivity contribution in [3.05, 3.63) is 62.0 Å². The number of aromatic nitrogens is 2. The lowest BCUT2D eigenvalue weighted by Crippen LogP contribution is -2.42. The Morgan fingerprint density at radius 1 is 1.15 bits per heavy atom. The minimum Gasteiger partial charge on any atom is -0.451 e. The van der Waals surface area contributed by atoms with Gasteiger partial charge in [0.25, 0.3) is 5.56 Å². The molecular formula is C18H17N3O6. The molecule has 0 aliphatic heterocycles. The number of ketones is 1. The fourth-order valence-electron chi connectivity index (χ4n) is 2.76. The zero-order valence-electron chi connectivity index (χ0n) is 14.9. The highest BCUT2D eigenvalue weighted by atomic mass is 16.5. The maximum atomic E-state index is 12.4. The standard InChI is InChI=1S/C18H17N3O6/c1-9-10-6-4-5-7-12(10)27-14(9)17(24)26-8-11(22)13-15(19)20(2)18(25)21(3)16(13)23/h4-7H,8,19H2,1-3H3. The molecule has 0 saturated carbocycles. The highest BCUT2D eigenvalue weighted by Gasteiger charge is 2.24. The lowest BCUT2D eigenvalue weighted by molar-refractivity contribution is 0.0444. The van der Waals surface area contributed by atoms with Crippen molar-refractivity contribution in [1.29, 1.82) is 0 Å². The van der Waals surface area contributed by atoms with E-state index in [1.807, 2.05) is 6.07 Å². The fraction of sp³-hybridized carbons (Fsp3) is 0.222. The van der Waals surface area contributed by atoms with Gasteiger partial charge in [0.05, 0.1) is 0 Å². The van der Waals surface area contributed by atoms with Gasteiger partial charge < -0.3 is 14.9 Å². The normalized spacial score (nSPS) is 10.9. The molecule has 9 nitrogen and oxygen atoms in total. The molecule has 0 saturated heterocycles. The molecule has 3 rings (SSSR count). The molecule has 0 amide bonds. The van der Waals surface area contributed by atoms with Crippen molar-refractivity contribution >= 4 is 28.5 Å². The number of hydrogen-bond donors (Lipinski definition) is 1.